The van der Waals surface area contributed by atoms with Crippen LogP contribution in [0.15, 0.2) is 27.4 Å². The average molecular weight is 262 g/mol. The second kappa shape index (κ2) is 5.14. The van der Waals surface area contributed by atoms with Gasteiger partial charge in [0.1, 0.15) is 16.9 Å². The third-order valence-corrected chi connectivity index (χ3v) is 2.76. The maximum absolute atomic E-state index is 11.8. The zero-order chi connectivity index (χ0) is 14.0. The lowest BCUT2D eigenvalue weighted by molar-refractivity contribution is 0.0522. The van der Waals surface area contributed by atoms with E-state index in [-0.39, 0.29) is 12.2 Å². The summed E-state index contributed by atoms with van der Waals surface area (Å²) in [6, 6.07) is 4.91. The van der Waals surface area contributed by atoms with Gasteiger partial charge in [-0.3, -0.25) is 0 Å². The Labute approximate surface area is 109 Å². The molecule has 0 amide bonds. The summed E-state index contributed by atoms with van der Waals surface area (Å²) < 4.78 is 15.1. The quantitative estimate of drug-likeness (QED) is 0.627. The molecule has 0 fully saturated rings. The zero-order valence-corrected chi connectivity index (χ0v) is 11.0. The van der Waals surface area contributed by atoms with Crippen molar-refractivity contribution in [2.24, 2.45) is 0 Å². The van der Waals surface area contributed by atoms with Gasteiger partial charge >= 0.3 is 11.6 Å². The highest BCUT2D eigenvalue weighted by molar-refractivity contribution is 5.94. The molecule has 0 saturated heterocycles. The molecular formula is C14H14O5. The molecule has 1 aromatic carbocycles. The second-order valence-electron chi connectivity index (χ2n) is 4.02. The molecule has 0 aliphatic rings. The van der Waals surface area contributed by atoms with Gasteiger partial charge in [-0.25, -0.2) is 9.59 Å². The van der Waals surface area contributed by atoms with Gasteiger partial charge in [-0.15, -0.1) is 0 Å². The van der Waals surface area contributed by atoms with Crippen molar-refractivity contribution < 1.29 is 18.7 Å². The summed E-state index contributed by atoms with van der Waals surface area (Å²) in [6.45, 7) is 3.73. The van der Waals surface area contributed by atoms with E-state index in [1.54, 1.807) is 19.1 Å². The maximum atomic E-state index is 11.8. The molecule has 0 aliphatic heterocycles. The molecule has 2 aromatic rings. The van der Waals surface area contributed by atoms with Crippen molar-refractivity contribution in [3.8, 4) is 5.75 Å². The van der Waals surface area contributed by atoms with Crippen LogP contribution in [0.2, 0.25) is 0 Å². The van der Waals surface area contributed by atoms with Crippen molar-refractivity contribution >= 4 is 16.9 Å². The number of hydrogen-bond donors (Lipinski definition) is 0. The van der Waals surface area contributed by atoms with Crippen LogP contribution in [-0.4, -0.2) is 19.7 Å². The van der Waals surface area contributed by atoms with Gasteiger partial charge in [0, 0.05) is 11.5 Å². The molecule has 0 N–H and O–H groups in total. The number of ether oxygens (including phenoxy) is 2. The highest BCUT2D eigenvalue weighted by Crippen LogP contribution is 2.24. The fourth-order valence-electron chi connectivity index (χ4n) is 1.83. The number of hydrogen-bond acceptors (Lipinski definition) is 5. The molecule has 1 heterocycles. The number of rotatable bonds is 3. The van der Waals surface area contributed by atoms with Crippen molar-refractivity contribution in [3.63, 3.8) is 0 Å². The lowest BCUT2D eigenvalue weighted by Gasteiger charge is -2.06. The molecule has 0 saturated carbocycles. The third-order valence-electron chi connectivity index (χ3n) is 2.76. The molecule has 19 heavy (non-hydrogen) atoms. The topological polar surface area (TPSA) is 65.7 Å². The predicted molar refractivity (Wildman–Crippen MR) is 69.7 cm³/mol. The molecule has 5 heteroatoms. The van der Waals surface area contributed by atoms with E-state index in [1.165, 1.54) is 13.2 Å². The van der Waals surface area contributed by atoms with Gasteiger partial charge in [0.25, 0.3) is 0 Å². The first-order valence-electron chi connectivity index (χ1n) is 5.86. The summed E-state index contributed by atoms with van der Waals surface area (Å²) in [5.74, 6) is -0.0783. The number of carbonyl (C=O) groups excluding carboxylic acids is 1. The number of benzene rings is 1. The van der Waals surface area contributed by atoms with Crippen molar-refractivity contribution in [1.82, 2.24) is 0 Å². The first kappa shape index (κ1) is 13.1. The molecule has 0 spiro atoms. The molecule has 2 rings (SSSR count). The number of methoxy groups -OCH3 is 1. The largest absolute Gasteiger partial charge is 0.497 e. The Balaban J connectivity index is 2.66. The van der Waals surface area contributed by atoms with E-state index in [0.717, 1.165) is 5.56 Å². The van der Waals surface area contributed by atoms with Crippen LogP contribution in [0, 0.1) is 6.92 Å². The van der Waals surface area contributed by atoms with E-state index in [1.807, 2.05) is 6.92 Å². The lowest BCUT2D eigenvalue weighted by atomic mass is 10.1. The standard InChI is InChI=1S/C14H14O5/c1-4-18-13(15)11-7-10-8(2)5-9(17-3)6-12(10)19-14(11)16/h5-7H,4H2,1-3H3. The summed E-state index contributed by atoms with van der Waals surface area (Å²) in [4.78, 5) is 23.4. The molecule has 100 valence electrons. The molecule has 0 radical (unpaired) electrons. The molecule has 0 unspecified atom stereocenters. The number of carbonyl (C=O) groups is 1. The molecule has 0 bridgehead atoms. The highest BCUT2D eigenvalue weighted by Gasteiger charge is 2.16. The van der Waals surface area contributed by atoms with E-state index in [9.17, 15) is 9.59 Å². The minimum atomic E-state index is -0.710. The number of fused-ring (bicyclic) bond motifs is 1. The van der Waals surface area contributed by atoms with Gasteiger partial charge in [-0.1, -0.05) is 0 Å². The monoisotopic (exact) mass is 262 g/mol. The summed E-state index contributed by atoms with van der Waals surface area (Å²) in [6.07, 6.45) is 0. The minimum absolute atomic E-state index is 0.0948. The van der Waals surface area contributed by atoms with Crippen molar-refractivity contribution in [2.75, 3.05) is 13.7 Å². The van der Waals surface area contributed by atoms with Crippen LogP contribution < -0.4 is 10.4 Å². The van der Waals surface area contributed by atoms with Gasteiger partial charge in [0.05, 0.1) is 13.7 Å². The molecule has 0 atom stereocenters. The summed E-state index contributed by atoms with van der Waals surface area (Å²) in [5, 5.41) is 0.684. The van der Waals surface area contributed by atoms with Gasteiger partial charge in [-0.2, -0.15) is 0 Å². The van der Waals surface area contributed by atoms with Gasteiger partial charge < -0.3 is 13.9 Å². The van der Waals surface area contributed by atoms with Crippen LogP contribution in [0.1, 0.15) is 22.8 Å². The SMILES string of the molecule is CCOC(=O)c1cc2c(C)cc(OC)cc2oc1=O. The van der Waals surface area contributed by atoms with E-state index >= 15 is 0 Å². The van der Waals surface area contributed by atoms with Gasteiger partial charge in [0.15, 0.2) is 0 Å². The van der Waals surface area contributed by atoms with Crippen molar-refractivity contribution in [2.45, 2.75) is 13.8 Å². The van der Waals surface area contributed by atoms with Crippen molar-refractivity contribution in [1.29, 1.82) is 0 Å². The minimum Gasteiger partial charge on any atom is -0.497 e. The predicted octanol–water partition coefficient (Wildman–Crippen LogP) is 2.29. The normalized spacial score (nSPS) is 10.5. The molecule has 5 nitrogen and oxygen atoms in total. The molecule has 0 aliphatic carbocycles. The van der Waals surface area contributed by atoms with Crippen LogP contribution in [0.25, 0.3) is 11.0 Å². The first-order valence-corrected chi connectivity index (χ1v) is 5.86. The van der Waals surface area contributed by atoms with Gasteiger partial charge in [-0.05, 0) is 31.5 Å². The van der Waals surface area contributed by atoms with E-state index in [2.05, 4.69) is 0 Å². The molecular weight excluding hydrogens is 248 g/mol. The summed E-state index contributed by atoms with van der Waals surface area (Å²) in [5.41, 5.74) is 0.430. The average Bonchev–Trinajstić information content (AvgIpc) is 2.37. The fraction of sp³-hybridized carbons (Fsp3) is 0.286. The Hall–Kier alpha value is -2.30. The Kier molecular flexibility index (Phi) is 3.55. The Morgan fingerprint density at radius 3 is 2.68 bits per heavy atom. The molecule has 1 aromatic heterocycles. The summed E-state index contributed by atoms with van der Waals surface area (Å²) in [7, 11) is 1.53. The summed E-state index contributed by atoms with van der Waals surface area (Å²) >= 11 is 0. The fourth-order valence-corrected chi connectivity index (χ4v) is 1.83. The van der Waals surface area contributed by atoms with Crippen molar-refractivity contribution in [3.05, 3.63) is 39.7 Å². The van der Waals surface area contributed by atoms with Crippen LogP contribution in [0.5, 0.6) is 5.75 Å². The van der Waals surface area contributed by atoms with Crippen LogP contribution >= 0.6 is 0 Å². The Morgan fingerprint density at radius 1 is 1.32 bits per heavy atom. The van der Waals surface area contributed by atoms with E-state index in [0.29, 0.717) is 16.7 Å². The smallest absolute Gasteiger partial charge is 0.351 e. The van der Waals surface area contributed by atoms with Crippen LogP contribution in [0.4, 0.5) is 0 Å². The lowest BCUT2D eigenvalue weighted by Crippen LogP contribution is -2.16. The number of aryl methyl sites for hydroxylation is 1. The third kappa shape index (κ3) is 2.45. The van der Waals surface area contributed by atoms with Crippen LogP contribution in [-0.2, 0) is 4.74 Å². The highest BCUT2D eigenvalue weighted by atomic mass is 16.5. The number of esters is 1. The second-order valence-corrected chi connectivity index (χ2v) is 4.02. The first-order chi connectivity index (χ1) is 9.06. The van der Waals surface area contributed by atoms with E-state index < -0.39 is 11.6 Å². The Morgan fingerprint density at radius 2 is 2.05 bits per heavy atom. The Bertz CT molecular complexity index is 684. The van der Waals surface area contributed by atoms with Gasteiger partial charge in [0.2, 0.25) is 0 Å². The maximum Gasteiger partial charge on any atom is 0.351 e. The van der Waals surface area contributed by atoms with Crippen LogP contribution in [0.3, 0.4) is 0 Å². The zero-order valence-electron chi connectivity index (χ0n) is 11.0. The van der Waals surface area contributed by atoms with E-state index in [4.69, 9.17) is 13.9 Å².